The summed E-state index contributed by atoms with van der Waals surface area (Å²) in [6, 6.07) is 0. The Labute approximate surface area is 78.5 Å². The molecule has 0 spiro atoms. The Bertz CT molecular complexity index is 208. The maximum Gasteiger partial charge on any atom is 0.168 e. The SMILES string of the molecule is COC(C)C(=O)CC(=O)C1CC1C. The Hall–Kier alpha value is -0.700. The van der Waals surface area contributed by atoms with Crippen LogP contribution in [0.1, 0.15) is 26.7 Å². The Morgan fingerprint density at radius 2 is 2.08 bits per heavy atom. The van der Waals surface area contributed by atoms with Gasteiger partial charge in [-0.1, -0.05) is 6.92 Å². The standard InChI is InChI=1S/C10H16O3/c1-6-4-8(6)10(12)5-9(11)7(2)13-3/h6-8H,4-5H2,1-3H3. The summed E-state index contributed by atoms with van der Waals surface area (Å²) in [5.74, 6) is 0.610. The molecule has 0 bridgehead atoms. The van der Waals surface area contributed by atoms with Gasteiger partial charge >= 0.3 is 0 Å². The third-order valence-corrected chi connectivity index (χ3v) is 2.68. The number of ether oxygens (including phenoxy) is 1. The third-order valence-electron chi connectivity index (χ3n) is 2.68. The van der Waals surface area contributed by atoms with Gasteiger partial charge in [0.1, 0.15) is 11.9 Å². The zero-order valence-electron chi connectivity index (χ0n) is 8.37. The molecule has 1 aliphatic carbocycles. The van der Waals surface area contributed by atoms with Gasteiger partial charge in [0.2, 0.25) is 0 Å². The van der Waals surface area contributed by atoms with Gasteiger partial charge in [-0.05, 0) is 19.3 Å². The summed E-state index contributed by atoms with van der Waals surface area (Å²) < 4.78 is 4.84. The molecule has 74 valence electrons. The van der Waals surface area contributed by atoms with Crippen molar-refractivity contribution in [1.82, 2.24) is 0 Å². The van der Waals surface area contributed by atoms with Crippen LogP contribution in [-0.2, 0) is 14.3 Å². The molecule has 1 aliphatic rings. The zero-order chi connectivity index (χ0) is 10.0. The zero-order valence-corrected chi connectivity index (χ0v) is 8.37. The fourth-order valence-corrected chi connectivity index (χ4v) is 1.35. The summed E-state index contributed by atoms with van der Waals surface area (Å²) in [6.45, 7) is 3.71. The Kier molecular flexibility index (Phi) is 3.20. The fourth-order valence-electron chi connectivity index (χ4n) is 1.35. The largest absolute Gasteiger partial charge is 0.374 e. The number of carbonyl (C=O) groups is 2. The van der Waals surface area contributed by atoms with Crippen molar-refractivity contribution in [3.8, 4) is 0 Å². The molecular formula is C10H16O3. The molecule has 0 aliphatic heterocycles. The third kappa shape index (κ3) is 2.62. The molecule has 0 N–H and O–H groups in total. The van der Waals surface area contributed by atoms with Crippen molar-refractivity contribution in [2.24, 2.45) is 11.8 Å². The van der Waals surface area contributed by atoms with Crippen LogP contribution in [0.25, 0.3) is 0 Å². The van der Waals surface area contributed by atoms with Crippen molar-refractivity contribution >= 4 is 11.6 Å². The Morgan fingerprint density at radius 1 is 1.54 bits per heavy atom. The molecule has 1 fully saturated rings. The van der Waals surface area contributed by atoms with Gasteiger partial charge in [-0.15, -0.1) is 0 Å². The highest BCUT2D eigenvalue weighted by Gasteiger charge is 2.39. The number of ketones is 2. The van der Waals surface area contributed by atoms with Gasteiger partial charge in [0.15, 0.2) is 5.78 Å². The van der Waals surface area contributed by atoms with Crippen LogP contribution in [0.2, 0.25) is 0 Å². The molecule has 0 heterocycles. The molecular weight excluding hydrogens is 168 g/mol. The molecule has 13 heavy (non-hydrogen) atoms. The maximum absolute atomic E-state index is 11.4. The minimum absolute atomic E-state index is 0.0456. The first-order valence-electron chi connectivity index (χ1n) is 4.64. The molecule has 3 nitrogen and oxygen atoms in total. The lowest BCUT2D eigenvalue weighted by Crippen LogP contribution is -2.22. The predicted molar refractivity (Wildman–Crippen MR) is 48.4 cm³/mol. The summed E-state index contributed by atoms with van der Waals surface area (Å²) in [5.41, 5.74) is 0. The van der Waals surface area contributed by atoms with E-state index in [1.54, 1.807) is 6.92 Å². The highest BCUT2D eigenvalue weighted by molar-refractivity contribution is 6.02. The van der Waals surface area contributed by atoms with Crippen LogP contribution in [0.4, 0.5) is 0 Å². The fraction of sp³-hybridized carbons (Fsp3) is 0.800. The van der Waals surface area contributed by atoms with Crippen LogP contribution in [0.15, 0.2) is 0 Å². The van der Waals surface area contributed by atoms with Gasteiger partial charge in [-0.25, -0.2) is 0 Å². The number of rotatable bonds is 5. The average Bonchev–Trinajstić information content (AvgIpc) is 2.81. The second kappa shape index (κ2) is 4.01. The smallest absolute Gasteiger partial charge is 0.168 e. The highest BCUT2D eigenvalue weighted by Crippen LogP contribution is 2.39. The first kappa shape index (κ1) is 10.4. The van der Waals surface area contributed by atoms with Gasteiger partial charge in [0.05, 0.1) is 6.42 Å². The molecule has 0 radical (unpaired) electrons. The summed E-state index contributed by atoms with van der Waals surface area (Å²) in [5, 5.41) is 0. The first-order chi connectivity index (χ1) is 6.06. The van der Waals surface area contributed by atoms with Gasteiger partial charge in [-0.2, -0.15) is 0 Å². The van der Waals surface area contributed by atoms with E-state index in [2.05, 4.69) is 0 Å². The molecule has 0 aromatic heterocycles. The van der Waals surface area contributed by atoms with Gasteiger partial charge < -0.3 is 4.74 Å². The highest BCUT2D eigenvalue weighted by atomic mass is 16.5. The van der Waals surface area contributed by atoms with Crippen molar-refractivity contribution in [1.29, 1.82) is 0 Å². The number of hydrogen-bond donors (Lipinski definition) is 0. The molecule has 3 heteroatoms. The lowest BCUT2D eigenvalue weighted by Gasteiger charge is -2.06. The molecule has 0 aromatic carbocycles. The lowest BCUT2D eigenvalue weighted by atomic mass is 10.1. The molecule has 1 rings (SSSR count). The van der Waals surface area contributed by atoms with Crippen LogP contribution < -0.4 is 0 Å². The Morgan fingerprint density at radius 3 is 2.46 bits per heavy atom. The summed E-state index contributed by atoms with van der Waals surface area (Å²) >= 11 is 0. The van der Waals surface area contributed by atoms with Crippen LogP contribution >= 0.6 is 0 Å². The van der Waals surface area contributed by atoms with E-state index in [1.807, 2.05) is 6.92 Å². The second-order valence-electron chi connectivity index (χ2n) is 3.81. The van der Waals surface area contributed by atoms with Gasteiger partial charge in [0.25, 0.3) is 0 Å². The van der Waals surface area contributed by atoms with Gasteiger partial charge in [0, 0.05) is 13.0 Å². The van der Waals surface area contributed by atoms with E-state index in [0.717, 1.165) is 6.42 Å². The minimum atomic E-state index is -0.446. The molecule has 1 saturated carbocycles. The summed E-state index contributed by atoms with van der Waals surface area (Å²) in [6.07, 6.45) is 0.551. The van der Waals surface area contributed by atoms with Gasteiger partial charge in [-0.3, -0.25) is 9.59 Å². The van der Waals surface area contributed by atoms with Crippen LogP contribution in [0, 0.1) is 11.8 Å². The molecule has 3 unspecified atom stereocenters. The van der Waals surface area contributed by atoms with E-state index in [4.69, 9.17) is 4.74 Å². The second-order valence-corrected chi connectivity index (χ2v) is 3.81. The van der Waals surface area contributed by atoms with Crippen molar-refractivity contribution in [3.05, 3.63) is 0 Å². The molecule has 3 atom stereocenters. The number of carbonyl (C=O) groups excluding carboxylic acids is 2. The molecule has 0 aromatic rings. The van der Waals surface area contributed by atoms with E-state index in [1.165, 1.54) is 7.11 Å². The number of hydrogen-bond acceptors (Lipinski definition) is 3. The average molecular weight is 184 g/mol. The molecule has 0 amide bonds. The van der Waals surface area contributed by atoms with Crippen molar-refractivity contribution in [2.75, 3.05) is 7.11 Å². The van der Waals surface area contributed by atoms with Crippen LogP contribution in [-0.4, -0.2) is 24.8 Å². The van der Waals surface area contributed by atoms with E-state index < -0.39 is 6.10 Å². The Balaban J connectivity index is 2.32. The minimum Gasteiger partial charge on any atom is -0.374 e. The maximum atomic E-state index is 11.4. The summed E-state index contributed by atoms with van der Waals surface area (Å²) in [4.78, 5) is 22.6. The summed E-state index contributed by atoms with van der Waals surface area (Å²) in [7, 11) is 1.48. The monoisotopic (exact) mass is 184 g/mol. The van der Waals surface area contributed by atoms with Crippen molar-refractivity contribution in [2.45, 2.75) is 32.8 Å². The van der Waals surface area contributed by atoms with E-state index in [0.29, 0.717) is 5.92 Å². The topological polar surface area (TPSA) is 43.4 Å². The quantitative estimate of drug-likeness (QED) is 0.603. The first-order valence-corrected chi connectivity index (χ1v) is 4.64. The lowest BCUT2D eigenvalue weighted by molar-refractivity contribution is -0.133. The van der Waals surface area contributed by atoms with E-state index >= 15 is 0 Å². The predicted octanol–water partition coefficient (Wildman–Crippen LogP) is 1.21. The van der Waals surface area contributed by atoms with Crippen molar-refractivity contribution < 1.29 is 14.3 Å². The van der Waals surface area contributed by atoms with Crippen LogP contribution in [0.3, 0.4) is 0 Å². The molecule has 0 saturated heterocycles. The van der Waals surface area contributed by atoms with E-state index in [9.17, 15) is 9.59 Å². The number of Topliss-reactive ketones (excluding diaryl/α,β-unsaturated/α-hetero) is 2. The normalized spacial score (nSPS) is 28.2. The van der Waals surface area contributed by atoms with Crippen LogP contribution in [0.5, 0.6) is 0 Å². The van der Waals surface area contributed by atoms with E-state index in [-0.39, 0.29) is 23.9 Å². The van der Waals surface area contributed by atoms with Crippen molar-refractivity contribution in [3.63, 3.8) is 0 Å². The number of methoxy groups -OCH3 is 1.